The van der Waals surface area contributed by atoms with E-state index >= 15 is 0 Å². The van der Waals surface area contributed by atoms with Crippen LogP contribution in [0.15, 0.2) is 34.8 Å². The molecule has 0 aliphatic rings. The van der Waals surface area contributed by atoms with Crippen molar-refractivity contribution in [2.45, 2.75) is 113 Å². The van der Waals surface area contributed by atoms with E-state index in [9.17, 15) is 4.79 Å². The molecule has 0 radical (unpaired) electrons. The van der Waals surface area contributed by atoms with Crippen molar-refractivity contribution < 1.29 is 9.53 Å². The van der Waals surface area contributed by atoms with E-state index in [4.69, 9.17) is 4.74 Å². The number of allylic oxidation sites excluding steroid dienone is 4. The maximum Gasteiger partial charge on any atom is 0.315 e. The van der Waals surface area contributed by atoms with Crippen molar-refractivity contribution in [2.24, 2.45) is 17.3 Å². The molecule has 1 aromatic heterocycles. The molecule has 192 valence electrons. The van der Waals surface area contributed by atoms with Gasteiger partial charge in [-0.1, -0.05) is 63.5 Å². The van der Waals surface area contributed by atoms with Crippen LogP contribution in [0.1, 0.15) is 111 Å². The van der Waals surface area contributed by atoms with Crippen LogP contribution < -0.4 is 0 Å². The Labute approximate surface area is 213 Å². The van der Waals surface area contributed by atoms with Gasteiger partial charge in [0.1, 0.15) is 6.10 Å². The number of aromatic nitrogens is 1. The van der Waals surface area contributed by atoms with Crippen molar-refractivity contribution in [1.82, 2.24) is 4.98 Å². The fourth-order valence-electron chi connectivity index (χ4n) is 4.08. The number of esters is 1. The van der Waals surface area contributed by atoms with Gasteiger partial charge >= 0.3 is 5.97 Å². The van der Waals surface area contributed by atoms with Gasteiger partial charge in [-0.25, -0.2) is 4.98 Å². The molecular weight excluding hydrogens is 438 g/mol. The molecule has 0 amide bonds. The Morgan fingerprint density at radius 3 is 2.44 bits per heavy atom. The standard InChI is InChI=1S/C30H49NO2S/c1-10-11-12-19-30(8,9)29(32)33-28(22(2)3)25(6)18-14-16-23(4)15-13-17-24(5)20-27-21-34-26(7)31-27/h12,15,19-22,25,28H,10-11,13-14,16-18H2,1-9H3/b19-12+,23-15-,24-20+/t25?,28-/m1/s1. The number of rotatable bonds is 15. The van der Waals surface area contributed by atoms with Crippen LogP contribution in [0.2, 0.25) is 0 Å². The molecule has 1 heterocycles. The molecule has 4 heteroatoms. The molecule has 0 saturated carbocycles. The molecule has 34 heavy (non-hydrogen) atoms. The Bertz CT molecular complexity index is 829. The van der Waals surface area contributed by atoms with Gasteiger partial charge in [0.25, 0.3) is 0 Å². The molecule has 1 aromatic rings. The highest BCUT2D eigenvalue weighted by atomic mass is 32.1. The fourth-order valence-corrected chi connectivity index (χ4v) is 4.65. The van der Waals surface area contributed by atoms with Gasteiger partial charge in [0.2, 0.25) is 0 Å². The normalized spacial score (nSPS) is 15.2. The average Bonchev–Trinajstić information content (AvgIpc) is 3.15. The molecule has 1 unspecified atom stereocenters. The van der Waals surface area contributed by atoms with Crippen LogP contribution in [0.3, 0.4) is 0 Å². The van der Waals surface area contributed by atoms with Crippen molar-refractivity contribution in [3.05, 3.63) is 45.5 Å². The summed E-state index contributed by atoms with van der Waals surface area (Å²) in [5.41, 5.74) is 3.32. The molecular formula is C30H49NO2S. The van der Waals surface area contributed by atoms with E-state index in [2.05, 4.69) is 70.1 Å². The lowest BCUT2D eigenvalue weighted by molar-refractivity contribution is -0.162. The zero-order valence-electron chi connectivity index (χ0n) is 23.2. The lowest BCUT2D eigenvalue weighted by Gasteiger charge is -2.30. The third-order valence-electron chi connectivity index (χ3n) is 6.27. The maximum absolute atomic E-state index is 12.9. The number of aryl methyl sites for hydroxylation is 1. The smallest absolute Gasteiger partial charge is 0.315 e. The lowest BCUT2D eigenvalue weighted by atomic mass is 9.88. The van der Waals surface area contributed by atoms with Gasteiger partial charge in [0.15, 0.2) is 0 Å². The van der Waals surface area contributed by atoms with E-state index < -0.39 is 5.41 Å². The molecule has 0 spiro atoms. The van der Waals surface area contributed by atoms with Gasteiger partial charge in [-0.2, -0.15) is 0 Å². The summed E-state index contributed by atoms with van der Waals surface area (Å²) in [5.74, 6) is 0.541. The Morgan fingerprint density at radius 2 is 1.85 bits per heavy atom. The molecule has 0 aliphatic carbocycles. The third kappa shape index (κ3) is 11.6. The van der Waals surface area contributed by atoms with Crippen molar-refractivity contribution in [3.63, 3.8) is 0 Å². The fraction of sp³-hybridized carbons (Fsp3) is 0.667. The Balaban J connectivity index is 2.49. The summed E-state index contributed by atoms with van der Waals surface area (Å²) in [6.45, 7) is 19.1. The molecule has 0 saturated heterocycles. The van der Waals surface area contributed by atoms with Crippen LogP contribution in [-0.4, -0.2) is 17.1 Å². The van der Waals surface area contributed by atoms with E-state index in [1.54, 1.807) is 11.3 Å². The van der Waals surface area contributed by atoms with Crippen LogP contribution >= 0.6 is 11.3 Å². The zero-order chi connectivity index (χ0) is 25.7. The average molecular weight is 488 g/mol. The van der Waals surface area contributed by atoms with Crippen molar-refractivity contribution in [1.29, 1.82) is 0 Å². The number of hydrogen-bond acceptors (Lipinski definition) is 4. The number of thiazole rings is 1. The van der Waals surface area contributed by atoms with E-state index in [0.717, 1.165) is 55.6 Å². The monoisotopic (exact) mass is 487 g/mol. The summed E-state index contributed by atoms with van der Waals surface area (Å²) in [4.78, 5) is 17.4. The Kier molecular flexibility index (Phi) is 13.7. The highest BCUT2D eigenvalue weighted by Gasteiger charge is 2.32. The van der Waals surface area contributed by atoms with Gasteiger partial charge in [-0.3, -0.25) is 4.79 Å². The van der Waals surface area contributed by atoms with E-state index in [1.807, 2.05) is 26.8 Å². The minimum atomic E-state index is -0.577. The second-order valence-corrected chi connectivity index (χ2v) is 11.8. The molecule has 0 fully saturated rings. The predicted molar refractivity (Wildman–Crippen MR) is 149 cm³/mol. The summed E-state index contributed by atoms with van der Waals surface area (Å²) < 4.78 is 6.05. The lowest BCUT2D eigenvalue weighted by Crippen LogP contribution is -2.35. The van der Waals surface area contributed by atoms with Gasteiger partial charge in [-0.15, -0.1) is 11.3 Å². The minimum absolute atomic E-state index is 0.0437. The number of carbonyl (C=O) groups excluding carboxylic acids is 1. The van der Waals surface area contributed by atoms with Crippen LogP contribution in [0.5, 0.6) is 0 Å². The number of hydrogen-bond donors (Lipinski definition) is 0. The summed E-state index contributed by atoms with van der Waals surface area (Å²) in [5, 5.41) is 3.23. The summed E-state index contributed by atoms with van der Waals surface area (Å²) in [6.07, 6.45) is 16.1. The Hall–Kier alpha value is -1.68. The summed E-state index contributed by atoms with van der Waals surface area (Å²) in [7, 11) is 0. The highest BCUT2D eigenvalue weighted by molar-refractivity contribution is 7.09. The third-order valence-corrected chi connectivity index (χ3v) is 7.06. The van der Waals surface area contributed by atoms with Crippen LogP contribution in [0.4, 0.5) is 0 Å². The summed E-state index contributed by atoms with van der Waals surface area (Å²) >= 11 is 1.70. The van der Waals surface area contributed by atoms with Gasteiger partial charge in [0, 0.05) is 5.38 Å². The first kappa shape index (κ1) is 30.4. The zero-order valence-corrected chi connectivity index (χ0v) is 24.1. The quantitative estimate of drug-likeness (QED) is 0.183. The molecule has 0 N–H and O–H groups in total. The molecule has 1 rings (SSSR count). The maximum atomic E-state index is 12.9. The van der Waals surface area contributed by atoms with Crippen LogP contribution in [0, 0.1) is 24.2 Å². The first-order valence-electron chi connectivity index (χ1n) is 13.1. The second-order valence-electron chi connectivity index (χ2n) is 10.8. The van der Waals surface area contributed by atoms with Gasteiger partial charge in [-0.05, 0) is 91.1 Å². The Morgan fingerprint density at radius 1 is 1.15 bits per heavy atom. The largest absolute Gasteiger partial charge is 0.461 e. The second kappa shape index (κ2) is 15.3. The van der Waals surface area contributed by atoms with Crippen LogP contribution in [-0.2, 0) is 9.53 Å². The first-order valence-corrected chi connectivity index (χ1v) is 14.0. The number of nitrogens with zero attached hydrogens (tertiary/aromatic N) is 1. The summed E-state index contributed by atoms with van der Waals surface area (Å²) in [6, 6.07) is 0. The highest BCUT2D eigenvalue weighted by Crippen LogP contribution is 2.28. The SMILES string of the molecule is CCC/C=C/C(C)(C)C(=O)O[C@H](C(C)C)C(C)CCC/C(C)=C\CC/C(C)=C/c1csc(C)n1. The van der Waals surface area contributed by atoms with Gasteiger partial charge < -0.3 is 4.74 Å². The van der Waals surface area contributed by atoms with Crippen molar-refractivity contribution >= 4 is 23.4 Å². The molecule has 3 nitrogen and oxygen atoms in total. The minimum Gasteiger partial charge on any atom is -0.461 e. The molecule has 2 atom stereocenters. The van der Waals surface area contributed by atoms with Crippen LogP contribution in [0.25, 0.3) is 6.08 Å². The number of carbonyl (C=O) groups is 1. The van der Waals surface area contributed by atoms with E-state index in [0.29, 0.717) is 11.8 Å². The molecule has 0 aliphatic heterocycles. The molecule has 0 bridgehead atoms. The number of ether oxygens (including phenoxy) is 1. The topological polar surface area (TPSA) is 39.2 Å². The number of unbranched alkanes of at least 4 members (excludes halogenated alkanes) is 1. The van der Waals surface area contributed by atoms with E-state index in [1.165, 1.54) is 11.1 Å². The first-order chi connectivity index (χ1) is 16.0. The predicted octanol–water partition coefficient (Wildman–Crippen LogP) is 9.34. The van der Waals surface area contributed by atoms with Gasteiger partial charge in [0.05, 0.1) is 16.1 Å². The van der Waals surface area contributed by atoms with E-state index in [-0.39, 0.29) is 12.1 Å². The van der Waals surface area contributed by atoms with Crippen molar-refractivity contribution in [2.75, 3.05) is 0 Å². The van der Waals surface area contributed by atoms with Crippen molar-refractivity contribution in [3.8, 4) is 0 Å². The molecule has 0 aromatic carbocycles.